The largest absolute Gasteiger partial charge is 0.504 e. The van der Waals surface area contributed by atoms with Crippen molar-refractivity contribution in [3.63, 3.8) is 0 Å². The molecule has 1 aliphatic rings. The average molecular weight is 262 g/mol. The average Bonchev–Trinajstić information content (AvgIpc) is 2.89. The predicted molar refractivity (Wildman–Crippen MR) is 67.6 cm³/mol. The van der Waals surface area contributed by atoms with Gasteiger partial charge in [0.2, 0.25) is 0 Å². The highest BCUT2D eigenvalue weighted by Crippen LogP contribution is 2.24. The van der Waals surface area contributed by atoms with E-state index in [4.69, 9.17) is 0 Å². The number of thiazole rings is 1. The number of fused-ring (bicyclic) bond motifs is 1. The van der Waals surface area contributed by atoms with Crippen LogP contribution in [0.4, 0.5) is 0 Å². The number of rotatable bonds is 1. The topological polar surface area (TPSA) is 74.8 Å². The van der Waals surface area contributed by atoms with Crippen LogP contribution in [0, 0.1) is 0 Å². The molecule has 0 unspecified atom stereocenters. The number of benzene rings is 1. The van der Waals surface area contributed by atoms with Gasteiger partial charge in [0, 0.05) is 6.54 Å². The summed E-state index contributed by atoms with van der Waals surface area (Å²) in [4.78, 5) is 17.0. The van der Waals surface area contributed by atoms with E-state index in [0.29, 0.717) is 23.2 Å². The van der Waals surface area contributed by atoms with E-state index < -0.39 is 0 Å². The van der Waals surface area contributed by atoms with Crippen LogP contribution in [0.1, 0.15) is 5.56 Å². The minimum atomic E-state index is -0.197. The zero-order valence-corrected chi connectivity index (χ0v) is 10.1. The van der Waals surface area contributed by atoms with E-state index in [0.717, 1.165) is 4.80 Å². The van der Waals surface area contributed by atoms with Crippen LogP contribution < -0.4 is 14.9 Å². The van der Waals surface area contributed by atoms with Crippen LogP contribution in [-0.4, -0.2) is 21.3 Å². The third-order valence-electron chi connectivity index (χ3n) is 2.76. The van der Waals surface area contributed by atoms with Gasteiger partial charge in [0.25, 0.3) is 5.56 Å². The van der Waals surface area contributed by atoms with Crippen LogP contribution in [-0.2, 0) is 6.54 Å². The minimum Gasteiger partial charge on any atom is -0.504 e. The molecule has 0 amide bonds. The highest BCUT2D eigenvalue weighted by Gasteiger charge is 2.09. The van der Waals surface area contributed by atoms with Gasteiger partial charge in [-0.25, -0.2) is 0 Å². The van der Waals surface area contributed by atoms with Crippen LogP contribution in [0.2, 0.25) is 0 Å². The molecule has 0 bridgehead atoms. The summed E-state index contributed by atoms with van der Waals surface area (Å²) >= 11 is 1.34. The molecule has 0 aliphatic carbocycles. The van der Waals surface area contributed by atoms with Crippen molar-refractivity contribution in [2.24, 2.45) is 4.99 Å². The molecule has 2 heterocycles. The van der Waals surface area contributed by atoms with Gasteiger partial charge in [0.05, 0.1) is 11.1 Å². The Morgan fingerprint density at radius 1 is 1.33 bits per heavy atom. The van der Waals surface area contributed by atoms with Gasteiger partial charge in [-0.2, -0.15) is 0 Å². The van der Waals surface area contributed by atoms with E-state index in [1.165, 1.54) is 23.5 Å². The van der Waals surface area contributed by atoms with E-state index in [9.17, 15) is 15.0 Å². The molecule has 92 valence electrons. The van der Waals surface area contributed by atoms with Crippen LogP contribution in [0.15, 0.2) is 28.0 Å². The SMILES string of the molecule is O=c1c(=Cc2ccc(O)c(O)c2)sc2n1CCN=2. The molecule has 5 nitrogen and oxygen atoms in total. The van der Waals surface area contributed by atoms with Crippen LogP contribution in [0.3, 0.4) is 0 Å². The maximum Gasteiger partial charge on any atom is 0.270 e. The molecule has 0 atom stereocenters. The molecule has 0 saturated heterocycles. The van der Waals surface area contributed by atoms with E-state index in [-0.39, 0.29) is 17.1 Å². The maximum atomic E-state index is 12.0. The molecule has 0 saturated carbocycles. The van der Waals surface area contributed by atoms with Crippen LogP contribution >= 0.6 is 11.3 Å². The van der Waals surface area contributed by atoms with Gasteiger partial charge in [-0.05, 0) is 23.8 Å². The molecular weight excluding hydrogens is 252 g/mol. The molecule has 1 aromatic carbocycles. The zero-order valence-electron chi connectivity index (χ0n) is 9.33. The number of hydrogen-bond donors (Lipinski definition) is 2. The van der Waals surface area contributed by atoms with E-state index in [2.05, 4.69) is 4.99 Å². The Morgan fingerprint density at radius 3 is 2.89 bits per heavy atom. The molecule has 0 radical (unpaired) electrons. The standard InChI is InChI=1S/C12H10N2O3S/c15-8-2-1-7(5-9(8)16)6-10-11(17)14-4-3-13-12(14)18-10/h1-2,5-6,15-16H,3-4H2. The second-order valence-corrected chi connectivity index (χ2v) is 4.99. The van der Waals surface area contributed by atoms with Gasteiger partial charge >= 0.3 is 0 Å². The Hall–Kier alpha value is -2.08. The maximum absolute atomic E-state index is 12.0. The highest BCUT2D eigenvalue weighted by molar-refractivity contribution is 7.07. The summed E-state index contributed by atoms with van der Waals surface area (Å²) in [5.74, 6) is -0.370. The number of phenolic OH excluding ortho intramolecular Hbond substituents is 2. The number of nitrogens with zero attached hydrogens (tertiary/aromatic N) is 2. The van der Waals surface area contributed by atoms with Gasteiger partial charge in [0.1, 0.15) is 0 Å². The van der Waals surface area contributed by atoms with Crippen molar-refractivity contribution in [2.75, 3.05) is 6.54 Å². The molecule has 6 heteroatoms. The smallest absolute Gasteiger partial charge is 0.270 e. The van der Waals surface area contributed by atoms with Gasteiger partial charge in [0.15, 0.2) is 16.3 Å². The van der Waals surface area contributed by atoms with Gasteiger partial charge in [-0.1, -0.05) is 17.4 Å². The first-order chi connectivity index (χ1) is 8.65. The molecule has 3 rings (SSSR count). The van der Waals surface area contributed by atoms with Crippen molar-refractivity contribution in [1.82, 2.24) is 4.57 Å². The second-order valence-electron chi connectivity index (χ2n) is 3.98. The lowest BCUT2D eigenvalue weighted by Crippen LogP contribution is -2.29. The lowest BCUT2D eigenvalue weighted by molar-refractivity contribution is 0.403. The molecule has 18 heavy (non-hydrogen) atoms. The van der Waals surface area contributed by atoms with Crippen molar-refractivity contribution >= 4 is 17.4 Å². The normalized spacial score (nSPS) is 14.6. The van der Waals surface area contributed by atoms with Crippen LogP contribution in [0.5, 0.6) is 11.5 Å². The number of aromatic nitrogens is 1. The second kappa shape index (κ2) is 3.99. The van der Waals surface area contributed by atoms with Crippen molar-refractivity contribution in [3.8, 4) is 11.5 Å². The van der Waals surface area contributed by atoms with Crippen LogP contribution in [0.25, 0.3) is 6.08 Å². The van der Waals surface area contributed by atoms with E-state index >= 15 is 0 Å². The Morgan fingerprint density at radius 2 is 2.17 bits per heavy atom. The summed E-state index contributed by atoms with van der Waals surface area (Å²) < 4.78 is 2.23. The summed E-state index contributed by atoms with van der Waals surface area (Å²) in [5, 5.41) is 18.6. The zero-order chi connectivity index (χ0) is 12.7. The van der Waals surface area contributed by atoms with Crippen molar-refractivity contribution in [2.45, 2.75) is 6.54 Å². The van der Waals surface area contributed by atoms with Gasteiger partial charge < -0.3 is 10.2 Å². The summed E-state index contributed by atoms with van der Waals surface area (Å²) in [6.07, 6.45) is 1.69. The molecule has 0 spiro atoms. The number of hydrogen-bond acceptors (Lipinski definition) is 5. The summed E-state index contributed by atoms with van der Waals surface area (Å²) in [5.41, 5.74) is 0.617. The molecule has 1 aromatic heterocycles. The first kappa shape index (κ1) is 11.0. The third kappa shape index (κ3) is 1.70. The predicted octanol–water partition coefficient (Wildman–Crippen LogP) is -0.217. The monoisotopic (exact) mass is 262 g/mol. The first-order valence-corrected chi connectivity index (χ1v) is 6.24. The fraction of sp³-hybridized carbons (Fsp3) is 0.167. The summed E-state index contributed by atoms with van der Waals surface area (Å²) in [7, 11) is 0. The van der Waals surface area contributed by atoms with Crippen molar-refractivity contribution in [3.05, 3.63) is 43.5 Å². The number of phenols is 2. The van der Waals surface area contributed by atoms with Gasteiger partial charge in [-0.3, -0.25) is 14.4 Å². The lowest BCUT2D eigenvalue weighted by Gasteiger charge is -1.97. The molecule has 0 fully saturated rings. The number of aromatic hydroxyl groups is 2. The van der Waals surface area contributed by atoms with Crippen molar-refractivity contribution < 1.29 is 10.2 Å². The Balaban J connectivity index is 2.18. The fourth-order valence-electron chi connectivity index (χ4n) is 1.85. The lowest BCUT2D eigenvalue weighted by atomic mass is 10.2. The Kier molecular flexibility index (Phi) is 2.45. The quantitative estimate of drug-likeness (QED) is 0.698. The molecular formula is C12H10N2O3S. The molecule has 2 aromatic rings. The van der Waals surface area contributed by atoms with E-state index in [1.807, 2.05) is 0 Å². The molecule has 2 N–H and O–H groups in total. The fourth-order valence-corrected chi connectivity index (χ4v) is 2.88. The van der Waals surface area contributed by atoms with E-state index in [1.54, 1.807) is 16.7 Å². The minimum absolute atomic E-state index is 0.0520. The summed E-state index contributed by atoms with van der Waals surface area (Å²) in [6, 6.07) is 4.45. The molecule has 1 aliphatic heterocycles. The first-order valence-electron chi connectivity index (χ1n) is 5.43. The Labute approximate surface area is 106 Å². The summed E-state index contributed by atoms with van der Waals surface area (Å²) in [6.45, 7) is 1.31. The van der Waals surface area contributed by atoms with Crippen molar-refractivity contribution in [1.29, 1.82) is 0 Å². The highest BCUT2D eigenvalue weighted by atomic mass is 32.1. The van der Waals surface area contributed by atoms with Gasteiger partial charge in [-0.15, -0.1) is 0 Å². The third-order valence-corrected chi connectivity index (χ3v) is 3.80. The Bertz CT molecular complexity index is 789.